The van der Waals surface area contributed by atoms with E-state index < -0.39 is 9.84 Å². The zero-order chi connectivity index (χ0) is 15.5. The summed E-state index contributed by atoms with van der Waals surface area (Å²) in [6.45, 7) is 1.31. The number of sulfone groups is 1. The first kappa shape index (κ1) is 16.4. The highest BCUT2D eigenvalue weighted by molar-refractivity contribution is 9.10. The van der Waals surface area contributed by atoms with Gasteiger partial charge in [0.25, 0.3) is 5.56 Å². The van der Waals surface area contributed by atoms with Gasteiger partial charge in [0.05, 0.1) is 36.5 Å². The highest BCUT2D eigenvalue weighted by Crippen LogP contribution is 2.21. The Labute approximate surface area is 131 Å². The van der Waals surface area contributed by atoms with E-state index in [9.17, 15) is 13.2 Å². The lowest BCUT2D eigenvalue weighted by atomic mass is 10.1. The number of anilines is 1. The molecule has 0 saturated carbocycles. The predicted octanol–water partition coefficient (Wildman–Crippen LogP) is 0.499. The maximum Gasteiger partial charge on any atom is 0.283 e. The van der Waals surface area contributed by atoms with Gasteiger partial charge in [0, 0.05) is 13.7 Å². The van der Waals surface area contributed by atoms with Gasteiger partial charge < -0.3 is 10.1 Å². The van der Waals surface area contributed by atoms with Gasteiger partial charge in [-0.25, -0.2) is 13.1 Å². The summed E-state index contributed by atoms with van der Waals surface area (Å²) in [5.74, 6) is 0.533. The lowest BCUT2D eigenvalue weighted by Crippen LogP contribution is -2.27. The highest BCUT2D eigenvalue weighted by atomic mass is 79.9. The molecular weight excluding hydrogens is 362 g/mol. The van der Waals surface area contributed by atoms with Crippen LogP contribution in [0.25, 0.3) is 0 Å². The fourth-order valence-corrected chi connectivity index (χ4v) is 4.52. The van der Waals surface area contributed by atoms with Crippen LogP contribution in [0.15, 0.2) is 15.5 Å². The summed E-state index contributed by atoms with van der Waals surface area (Å²) in [4.78, 5) is 12.1. The molecule has 0 aromatic carbocycles. The molecule has 118 valence electrons. The molecular formula is C12H18BrN3O4S. The van der Waals surface area contributed by atoms with Crippen LogP contribution in [0.4, 0.5) is 5.69 Å². The van der Waals surface area contributed by atoms with Gasteiger partial charge in [-0.1, -0.05) is 0 Å². The van der Waals surface area contributed by atoms with Crippen molar-refractivity contribution in [2.45, 2.75) is 13.0 Å². The van der Waals surface area contributed by atoms with Gasteiger partial charge in [-0.05, 0) is 28.3 Å². The molecule has 0 spiro atoms. The molecule has 1 fully saturated rings. The van der Waals surface area contributed by atoms with Crippen molar-refractivity contribution in [1.82, 2.24) is 9.78 Å². The Balaban J connectivity index is 2.01. The average molecular weight is 380 g/mol. The molecule has 0 amide bonds. The minimum Gasteiger partial charge on any atom is -0.383 e. The summed E-state index contributed by atoms with van der Waals surface area (Å²) in [5.41, 5.74) is 0.342. The van der Waals surface area contributed by atoms with E-state index in [0.29, 0.717) is 36.3 Å². The van der Waals surface area contributed by atoms with Crippen molar-refractivity contribution >= 4 is 31.5 Å². The monoisotopic (exact) mass is 379 g/mol. The lowest BCUT2D eigenvalue weighted by Gasteiger charge is -2.13. The third-order valence-corrected chi connectivity index (χ3v) is 6.00. The fourth-order valence-electron chi connectivity index (χ4n) is 2.21. The molecule has 21 heavy (non-hydrogen) atoms. The molecule has 1 aliphatic rings. The fraction of sp³-hybridized carbons (Fsp3) is 0.667. The number of nitrogens with zero attached hydrogens (tertiary/aromatic N) is 2. The van der Waals surface area contributed by atoms with E-state index in [0.717, 1.165) is 0 Å². The number of aromatic nitrogens is 2. The quantitative estimate of drug-likeness (QED) is 0.773. The van der Waals surface area contributed by atoms with Gasteiger partial charge in [-0.15, -0.1) is 0 Å². The van der Waals surface area contributed by atoms with Crippen molar-refractivity contribution in [2.75, 3.05) is 37.1 Å². The van der Waals surface area contributed by atoms with Crippen LogP contribution >= 0.6 is 15.9 Å². The number of hydrogen-bond donors (Lipinski definition) is 1. The smallest absolute Gasteiger partial charge is 0.283 e. The van der Waals surface area contributed by atoms with Crippen molar-refractivity contribution in [3.8, 4) is 0 Å². The zero-order valence-electron chi connectivity index (χ0n) is 11.7. The Kier molecular flexibility index (Phi) is 5.39. The second-order valence-corrected chi connectivity index (χ2v) is 8.07. The van der Waals surface area contributed by atoms with Crippen molar-refractivity contribution < 1.29 is 13.2 Å². The summed E-state index contributed by atoms with van der Waals surface area (Å²) >= 11 is 3.26. The summed E-state index contributed by atoms with van der Waals surface area (Å²) in [7, 11) is -1.32. The third kappa shape index (κ3) is 4.27. The number of ether oxygens (including phenoxy) is 1. The van der Waals surface area contributed by atoms with E-state index in [4.69, 9.17) is 4.74 Å². The number of hydrogen-bond acceptors (Lipinski definition) is 6. The van der Waals surface area contributed by atoms with E-state index >= 15 is 0 Å². The molecule has 1 aromatic rings. The van der Waals surface area contributed by atoms with Gasteiger partial charge in [-0.3, -0.25) is 4.79 Å². The Morgan fingerprint density at radius 2 is 2.33 bits per heavy atom. The van der Waals surface area contributed by atoms with Crippen LogP contribution in [0.3, 0.4) is 0 Å². The van der Waals surface area contributed by atoms with Gasteiger partial charge >= 0.3 is 0 Å². The Morgan fingerprint density at radius 1 is 1.57 bits per heavy atom. The molecule has 0 aliphatic carbocycles. The van der Waals surface area contributed by atoms with Crippen molar-refractivity contribution in [3.63, 3.8) is 0 Å². The average Bonchev–Trinajstić information content (AvgIpc) is 2.79. The molecule has 2 rings (SSSR count). The molecule has 1 aromatic heterocycles. The van der Waals surface area contributed by atoms with Crippen LogP contribution in [-0.2, 0) is 21.1 Å². The first-order valence-electron chi connectivity index (χ1n) is 6.62. The normalized spacial score (nSPS) is 20.6. The molecule has 7 nitrogen and oxygen atoms in total. The Morgan fingerprint density at radius 3 is 2.95 bits per heavy atom. The van der Waals surface area contributed by atoms with Crippen LogP contribution < -0.4 is 10.9 Å². The van der Waals surface area contributed by atoms with E-state index in [-0.39, 0.29) is 23.0 Å². The van der Waals surface area contributed by atoms with Crippen LogP contribution in [0.5, 0.6) is 0 Å². The van der Waals surface area contributed by atoms with E-state index in [2.05, 4.69) is 26.3 Å². The van der Waals surface area contributed by atoms with Crippen LogP contribution in [-0.4, -0.2) is 50.0 Å². The number of halogens is 1. The van der Waals surface area contributed by atoms with Crippen LogP contribution in [0.1, 0.15) is 6.42 Å². The molecule has 1 atom stereocenters. The summed E-state index contributed by atoms with van der Waals surface area (Å²) in [6, 6.07) is 0. The number of methoxy groups -OCH3 is 1. The third-order valence-electron chi connectivity index (χ3n) is 3.40. The molecule has 0 radical (unpaired) electrons. The summed E-state index contributed by atoms with van der Waals surface area (Å²) in [6.07, 6.45) is 2.22. The minimum absolute atomic E-state index is 0.0813. The zero-order valence-corrected chi connectivity index (χ0v) is 14.1. The lowest BCUT2D eigenvalue weighted by molar-refractivity contribution is 0.181. The second-order valence-electron chi connectivity index (χ2n) is 5.04. The molecule has 1 N–H and O–H groups in total. The van der Waals surface area contributed by atoms with Crippen molar-refractivity contribution in [1.29, 1.82) is 0 Å². The summed E-state index contributed by atoms with van der Waals surface area (Å²) in [5, 5.41) is 7.16. The first-order valence-corrected chi connectivity index (χ1v) is 9.23. The van der Waals surface area contributed by atoms with E-state index in [1.807, 2.05) is 0 Å². The highest BCUT2D eigenvalue weighted by Gasteiger charge is 2.27. The summed E-state index contributed by atoms with van der Waals surface area (Å²) < 4.78 is 29.4. The second kappa shape index (κ2) is 6.89. The molecule has 2 heterocycles. The number of rotatable bonds is 6. The van der Waals surface area contributed by atoms with Gasteiger partial charge in [-0.2, -0.15) is 5.10 Å². The Bertz CT molecular complexity index is 659. The molecule has 1 aliphatic heterocycles. The standard InChI is InChI=1S/C12H18BrN3O4S/c1-20-4-3-16-12(17)11(13)10(7-15-16)14-6-9-2-5-21(18,19)8-9/h7,9,14H,2-6,8H2,1H3. The maximum atomic E-state index is 12.1. The van der Waals surface area contributed by atoms with E-state index in [1.54, 1.807) is 13.3 Å². The molecule has 1 unspecified atom stereocenters. The molecule has 9 heteroatoms. The molecule has 1 saturated heterocycles. The van der Waals surface area contributed by atoms with Gasteiger partial charge in [0.15, 0.2) is 9.84 Å². The van der Waals surface area contributed by atoms with Crippen molar-refractivity contribution in [2.24, 2.45) is 5.92 Å². The molecule has 0 bridgehead atoms. The van der Waals surface area contributed by atoms with E-state index in [1.165, 1.54) is 4.68 Å². The van der Waals surface area contributed by atoms with Crippen LogP contribution in [0, 0.1) is 5.92 Å². The SMILES string of the molecule is COCCn1ncc(NCC2CCS(=O)(=O)C2)c(Br)c1=O. The van der Waals surface area contributed by atoms with Gasteiger partial charge in [0.2, 0.25) is 0 Å². The van der Waals surface area contributed by atoms with Crippen molar-refractivity contribution in [3.05, 3.63) is 21.0 Å². The van der Waals surface area contributed by atoms with Gasteiger partial charge in [0.1, 0.15) is 4.47 Å². The topological polar surface area (TPSA) is 90.3 Å². The minimum atomic E-state index is -2.88. The Hall–Kier alpha value is -0.930. The largest absolute Gasteiger partial charge is 0.383 e. The first-order chi connectivity index (χ1) is 9.93. The maximum absolute atomic E-state index is 12.1. The van der Waals surface area contributed by atoms with Crippen LogP contribution in [0.2, 0.25) is 0 Å². The number of nitrogens with one attached hydrogen (secondary N) is 1. The predicted molar refractivity (Wildman–Crippen MR) is 83.3 cm³/mol.